The summed E-state index contributed by atoms with van der Waals surface area (Å²) in [7, 11) is 0. The molecule has 0 rings (SSSR count). The Hall–Kier alpha value is -1.58. The van der Waals surface area contributed by atoms with Gasteiger partial charge in [-0.25, -0.2) is 0 Å². The van der Waals surface area contributed by atoms with Gasteiger partial charge in [0, 0.05) is 0 Å². The summed E-state index contributed by atoms with van der Waals surface area (Å²) in [5.74, 6) is -1.89. The van der Waals surface area contributed by atoms with E-state index in [1.807, 2.05) is 0 Å². The Labute approximate surface area is 210 Å². The molecule has 0 aromatic rings. The maximum atomic E-state index is 11.9. The van der Waals surface area contributed by atoms with Crippen LogP contribution in [0.2, 0.25) is 0 Å². The number of carbonyl (C=O) groups is 2. The third-order valence-electron chi connectivity index (χ3n) is 6.41. The lowest BCUT2D eigenvalue weighted by Gasteiger charge is -2.13. The van der Waals surface area contributed by atoms with Crippen LogP contribution in [0.4, 0.5) is 0 Å². The van der Waals surface area contributed by atoms with Gasteiger partial charge in [-0.05, 0) is 32.1 Å². The number of esters is 1. The molecule has 0 saturated heterocycles. The smallest absolute Gasteiger partial charge is 0.309 e. The number of carboxylic acid groups (broad SMARTS) is 1. The van der Waals surface area contributed by atoms with Gasteiger partial charge < -0.3 is 9.84 Å². The van der Waals surface area contributed by atoms with Gasteiger partial charge in [0.05, 0.1) is 12.3 Å². The van der Waals surface area contributed by atoms with E-state index in [-0.39, 0.29) is 13.0 Å². The van der Waals surface area contributed by atoms with Crippen molar-refractivity contribution in [3.8, 4) is 0 Å². The van der Waals surface area contributed by atoms with Crippen molar-refractivity contribution in [1.29, 1.82) is 0 Å². The topological polar surface area (TPSA) is 63.6 Å². The van der Waals surface area contributed by atoms with E-state index in [1.165, 1.54) is 109 Å². The average molecular weight is 479 g/mol. The van der Waals surface area contributed by atoms with Crippen LogP contribution >= 0.6 is 0 Å². The van der Waals surface area contributed by atoms with Crippen molar-refractivity contribution in [2.24, 2.45) is 5.92 Å². The van der Waals surface area contributed by atoms with E-state index in [0.29, 0.717) is 6.42 Å². The van der Waals surface area contributed by atoms with Crippen molar-refractivity contribution in [2.45, 2.75) is 142 Å². The molecule has 0 spiro atoms. The zero-order chi connectivity index (χ0) is 25.1. The zero-order valence-electron chi connectivity index (χ0n) is 22.2. The standard InChI is InChI=1S/C30H54O4/c1-3-5-6-7-8-9-10-11-12-13-14-15-16-17-18-19-20-21-22-23-24-25-28(27-29(31)32)30(33)34-26-4-2/h4,10-11,28H,2-3,5-9,12-27H2,1H3,(H,31,32)/b11-10+. The molecule has 4 nitrogen and oxygen atoms in total. The molecule has 0 fully saturated rings. The number of hydrogen-bond donors (Lipinski definition) is 1. The number of aliphatic carboxylic acids is 1. The Morgan fingerprint density at radius 3 is 1.62 bits per heavy atom. The molecular weight excluding hydrogens is 424 g/mol. The van der Waals surface area contributed by atoms with Crippen LogP contribution in [0.15, 0.2) is 24.8 Å². The van der Waals surface area contributed by atoms with Crippen molar-refractivity contribution in [3.63, 3.8) is 0 Å². The van der Waals surface area contributed by atoms with Gasteiger partial charge in [-0.15, -0.1) is 0 Å². The number of allylic oxidation sites excluding steroid dienone is 2. The normalized spacial score (nSPS) is 12.1. The Morgan fingerprint density at radius 1 is 0.735 bits per heavy atom. The Bertz CT molecular complexity index is 512. The maximum absolute atomic E-state index is 11.9. The fraction of sp³-hybridized carbons (Fsp3) is 0.800. The van der Waals surface area contributed by atoms with E-state index in [2.05, 4.69) is 25.7 Å². The number of rotatable bonds is 26. The van der Waals surface area contributed by atoms with Crippen LogP contribution in [0.1, 0.15) is 142 Å². The molecule has 4 heteroatoms. The first kappa shape index (κ1) is 32.4. The number of ether oxygens (including phenoxy) is 1. The Morgan fingerprint density at radius 2 is 1.18 bits per heavy atom. The molecule has 0 aromatic heterocycles. The summed E-state index contributed by atoms with van der Waals surface area (Å²) in [6, 6.07) is 0. The molecule has 0 bridgehead atoms. The van der Waals surface area contributed by atoms with Crippen molar-refractivity contribution >= 4 is 11.9 Å². The lowest BCUT2D eigenvalue weighted by molar-refractivity contribution is -0.152. The largest absolute Gasteiger partial charge is 0.481 e. The van der Waals surface area contributed by atoms with Crippen molar-refractivity contribution in [1.82, 2.24) is 0 Å². The van der Waals surface area contributed by atoms with Gasteiger partial charge >= 0.3 is 11.9 Å². The second kappa shape index (κ2) is 26.0. The predicted octanol–water partition coefficient (Wildman–Crippen LogP) is 9.18. The summed E-state index contributed by atoms with van der Waals surface area (Å²) in [6.45, 7) is 5.93. The second-order valence-electron chi connectivity index (χ2n) is 9.71. The molecule has 0 aliphatic heterocycles. The van der Waals surface area contributed by atoms with Crippen LogP contribution in [0.5, 0.6) is 0 Å². The third-order valence-corrected chi connectivity index (χ3v) is 6.41. The van der Waals surface area contributed by atoms with Gasteiger partial charge in [-0.2, -0.15) is 0 Å². The van der Waals surface area contributed by atoms with E-state index in [9.17, 15) is 9.59 Å². The van der Waals surface area contributed by atoms with Gasteiger partial charge in [0.15, 0.2) is 0 Å². The van der Waals surface area contributed by atoms with Crippen LogP contribution in [0.3, 0.4) is 0 Å². The highest BCUT2D eigenvalue weighted by Crippen LogP contribution is 2.18. The van der Waals surface area contributed by atoms with Gasteiger partial charge in [0.1, 0.15) is 6.61 Å². The summed E-state index contributed by atoms with van der Waals surface area (Å²) >= 11 is 0. The zero-order valence-corrected chi connectivity index (χ0v) is 22.2. The molecular formula is C30H54O4. The molecule has 1 unspecified atom stereocenters. The van der Waals surface area contributed by atoms with Crippen LogP contribution in [0, 0.1) is 5.92 Å². The predicted molar refractivity (Wildman–Crippen MR) is 144 cm³/mol. The monoisotopic (exact) mass is 478 g/mol. The number of hydrogen-bond acceptors (Lipinski definition) is 3. The van der Waals surface area contributed by atoms with E-state index >= 15 is 0 Å². The first-order chi connectivity index (χ1) is 16.6. The van der Waals surface area contributed by atoms with Crippen molar-refractivity contribution in [2.75, 3.05) is 6.61 Å². The number of unbranched alkanes of at least 4 members (excludes halogenated alkanes) is 17. The average Bonchev–Trinajstić information content (AvgIpc) is 2.82. The first-order valence-electron chi connectivity index (χ1n) is 14.3. The van der Waals surface area contributed by atoms with Gasteiger partial charge in [0.25, 0.3) is 0 Å². The van der Waals surface area contributed by atoms with Gasteiger partial charge in [-0.3, -0.25) is 9.59 Å². The van der Waals surface area contributed by atoms with Crippen molar-refractivity contribution < 1.29 is 19.4 Å². The molecule has 0 radical (unpaired) electrons. The molecule has 1 atom stereocenters. The van der Waals surface area contributed by atoms with E-state index in [1.54, 1.807) is 0 Å². The highest BCUT2D eigenvalue weighted by Gasteiger charge is 2.22. The highest BCUT2D eigenvalue weighted by atomic mass is 16.5. The minimum absolute atomic E-state index is 0.144. The molecule has 1 N–H and O–H groups in total. The van der Waals surface area contributed by atoms with E-state index < -0.39 is 17.9 Å². The Kier molecular flexibility index (Phi) is 24.8. The quantitative estimate of drug-likeness (QED) is 0.0764. The van der Waals surface area contributed by atoms with Gasteiger partial charge in [-0.1, -0.05) is 128 Å². The number of carbonyl (C=O) groups excluding carboxylic acids is 1. The molecule has 34 heavy (non-hydrogen) atoms. The van der Waals surface area contributed by atoms with Crippen LogP contribution in [-0.2, 0) is 14.3 Å². The van der Waals surface area contributed by atoms with E-state index in [4.69, 9.17) is 9.84 Å². The van der Waals surface area contributed by atoms with Crippen molar-refractivity contribution in [3.05, 3.63) is 24.8 Å². The lowest BCUT2D eigenvalue weighted by Crippen LogP contribution is -2.21. The summed E-state index contributed by atoms with van der Waals surface area (Å²) in [5, 5.41) is 9.00. The van der Waals surface area contributed by atoms with Crippen LogP contribution in [-0.4, -0.2) is 23.7 Å². The highest BCUT2D eigenvalue weighted by molar-refractivity contribution is 5.79. The summed E-state index contributed by atoms with van der Waals surface area (Å²) in [5.41, 5.74) is 0. The first-order valence-corrected chi connectivity index (χ1v) is 14.3. The molecule has 198 valence electrons. The minimum atomic E-state index is -0.944. The fourth-order valence-corrected chi connectivity index (χ4v) is 4.30. The summed E-state index contributed by atoms with van der Waals surface area (Å²) in [4.78, 5) is 22.9. The molecule has 0 aliphatic carbocycles. The molecule has 0 heterocycles. The van der Waals surface area contributed by atoms with E-state index in [0.717, 1.165) is 19.3 Å². The fourth-order valence-electron chi connectivity index (χ4n) is 4.30. The molecule has 0 saturated carbocycles. The molecule has 0 aliphatic rings. The Balaban J connectivity index is 3.43. The summed E-state index contributed by atoms with van der Waals surface area (Å²) < 4.78 is 5.03. The molecule has 0 aromatic carbocycles. The molecule has 0 amide bonds. The lowest BCUT2D eigenvalue weighted by atomic mass is 9.97. The van der Waals surface area contributed by atoms with Crippen LogP contribution in [0.25, 0.3) is 0 Å². The van der Waals surface area contributed by atoms with Crippen LogP contribution < -0.4 is 0 Å². The minimum Gasteiger partial charge on any atom is -0.481 e. The second-order valence-corrected chi connectivity index (χ2v) is 9.71. The SMILES string of the molecule is C=CCOC(=O)C(CCCCCCCCCCCCCC/C=C/CCCCCCC)CC(=O)O. The number of carboxylic acids is 1. The maximum Gasteiger partial charge on any atom is 0.309 e. The summed E-state index contributed by atoms with van der Waals surface area (Å²) in [6.07, 6.45) is 31.2. The third kappa shape index (κ3) is 23.6. The van der Waals surface area contributed by atoms with Gasteiger partial charge in [0.2, 0.25) is 0 Å².